The van der Waals surface area contributed by atoms with Crippen LogP contribution in [0, 0.1) is 0 Å². The van der Waals surface area contributed by atoms with Crippen LogP contribution in [0.25, 0.3) is 10.9 Å². The Labute approximate surface area is 122 Å². The number of carbonyl (C=O) groups excluding carboxylic acids is 1. The number of piperazine rings is 1. The summed E-state index contributed by atoms with van der Waals surface area (Å²) in [6.07, 6.45) is 0.718. The molecule has 1 unspecified atom stereocenters. The lowest BCUT2D eigenvalue weighted by molar-refractivity contribution is -0.123. The number of rotatable bonds is 3. The van der Waals surface area contributed by atoms with Crippen LogP contribution in [0.4, 0.5) is 11.8 Å². The third kappa shape index (κ3) is 2.36. The van der Waals surface area contributed by atoms with Crippen molar-refractivity contribution in [2.24, 2.45) is 5.84 Å². The summed E-state index contributed by atoms with van der Waals surface area (Å²) in [6.45, 7) is 3.32. The molecule has 110 valence electrons. The van der Waals surface area contributed by atoms with Gasteiger partial charge in [-0.1, -0.05) is 19.1 Å². The lowest BCUT2D eigenvalue weighted by atomic mass is 10.1. The number of hydrogen-bond donors (Lipinski definition) is 3. The molecule has 2 aromatic rings. The summed E-state index contributed by atoms with van der Waals surface area (Å²) in [5.74, 6) is 6.59. The van der Waals surface area contributed by atoms with Gasteiger partial charge in [0.2, 0.25) is 11.9 Å². The van der Waals surface area contributed by atoms with Crippen LogP contribution in [0.1, 0.15) is 13.3 Å². The molecule has 1 aromatic carbocycles. The third-order valence-electron chi connectivity index (χ3n) is 3.70. The predicted molar refractivity (Wildman–Crippen MR) is 81.8 cm³/mol. The molecule has 0 bridgehead atoms. The summed E-state index contributed by atoms with van der Waals surface area (Å²) in [6, 6.07) is 7.51. The van der Waals surface area contributed by atoms with E-state index >= 15 is 0 Å². The SMILES string of the molecule is CCC1C(=O)NCCN1c1nc(NN)nc2ccccc12. The highest BCUT2D eigenvalue weighted by Gasteiger charge is 2.30. The van der Waals surface area contributed by atoms with Crippen LogP contribution < -0.4 is 21.5 Å². The average molecular weight is 286 g/mol. The van der Waals surface area contributed by atoms with Crippen molar-refractivity contribution in [3.05, 3.63) is 24.3 Å². The van der Waals surface area contributed by atoms with E-state index in [0.29, 0.717) is 12.5 Å². The number of aromatic nitrogens is 2. The number of benzene rings is 1. The zero-order valence-electron chi connectivity index (χ0n) is 11.8. The molecule has 1 atom stereocenters. The van der Waals surface area contributed by atoms with E-state index in [1.165, 1.54) is 0 Å². The molecular weight excluding hydrogens is 268 g/mol. The minimum atomic E-state index is -0.220. The van der Waals surface area contributed by atoms with Gasteiger partial charge in [0, 0.05) is 18.5 Å². The topological polar surface area (TPSA) is 96.2 Å². The number of nitrogens with zero attached hydrogens (tertiary/aromatic N) is 3. The number of carbonyl (C=O) groups is 1. The smallest absolute Gasteiger partial charge is 0.242 e. The second-order valence-corrected chi connectivity index (χ2v) is 4.94. The zero-order chi connectivity index (χ0) is 14.8. The molecule has 7 heteroatoms. The summed E-state index contributed by atoms with van der Waals surface area (Å²) in [7, 11) is 0. The Hall–Kier alpha value is -2.41. The Bertz CT molecular complexity index is 674. The standard InChI is InChI=1S/C14H18N6O/c1-2-11-13(21)16-7-8-20(11)12-9-5-3-4-6-10(9)17-14(18-12)19-15/h3-6,11H,2,7-8,15H2,1H3,(H,16,21)(H,17,18,19). The van der Waals surface area contributed by atoms with Gasteiger partial charge in [-0.3, -0.25) is 10.2 Å². The minimum absolute atomic E-state index is 0.0358. The maximum absolute atomic E-state index is 12.1. The van der Waals surface area contributed by atoms with E-state index in [2.05, 4.69) is 20.7 Å². The van der Waals surface area contributed by atoms with E-state index in [-0.39, 0.29) is 11.9 Å². The maximum Gasteiger partial charge on any atom is 0.242 e. The van der Waals surface area contributed by atoms with Crippen molar-refractivity contribution < 1.29 is 4.79 Å². The van der Waals surface area contributed by atoms with Gasteiger partial charge in [-0.25, -0.2) is 10.8 Å². The first kappa shape index (κ1) is 13.6. The van der Waals surface area contributed by atoms with Crippen molar-refractivity contribution in [2.75, 3.05) is 23.4 Å². The molecule has 4 N–H and O–H groups in total. The van der Waals surface area contributed by atoms with Gasteiger partial charge in [0.1, 0.15) is 11.9 Å². The van der Waals surface area contributed by atoms with Crippen molar-refractivity contribution >= 4 is 28.6 Å². The molecule has 0 aliphatic carbocycles. The first-order valence-electron chi connectivity index (χ1n) is 7.02. The van der Waals surface area contributed by atoms with E-state index in [1.54, 1.807) is 0 Å². The molecule has 0 radical (unpaired) electrons. The second-order valence-electron chi connectivity index (χ2n) is 4.94. The molecule has 1 amide bonds. The van der Waals surface area contributed by atoms with Gasteiger partial charge in [0.25, 0.3) is 0 Å². The molecule has 2 heterocycles. The van der Waals surface area contributed by atoms with Crippen molar-refractivity contribution in [3.63, 3.8) is 0 Å². The summed E-state index contributed by atoms with van der Waals surface area (Å²) < 4.78 is 0. The lowest BCUT2D eigenvalue weighted by Gasteiger charge is -2.36. The highest BCUT2D eigenvalue weighted by molar-refractivity contribution is 5.94. The number of para-hydroxylation sites is 1. The van der Waals surface area contributed by atoms with Crippen LogP contribution in [0.3, 0.4) is 0 Å². The zero-order valence-corrected chi connectivity index (χ0v) is 11.8. The third-order valence-corrected chi connectivity index (χ3v) is 3.70. The van der Waals surface area contributed by atoms with E-state index in [9.17, 15) is 4.79 Å². The molecule has 3 rings (SSSR count). The van der Waals surface area contributed by atoms with Gasteiger partial charge in [-0.05, 0) is 18.6 Å². The van der Waals surface area contributed by atoms with Gasteiger partial charge in [-0.15, -0.1) is 0 Å². The van der Waals surface area contributed by atoms with Crippen LogP contribution in [0.2, 0.25) is 0 Å². The Morgan fingerprint density at radius 3 is 3.00 bits per heavy atom. The fraction of sp³-hybridized carbons (Fsp3) is 0.357. The number of nitrogens with one attached hydrogen (secondary N) is 2. The maximum atomic E-state index is 12.1. The molecule has 1 aliphatic heterocycles. The highest BCUT2D eigenvalue weighted by Crippen LogP contribution is 2.28. The molecule has 21 heavy (non-hydrogen) atoms. The van der Waals surface area contributed by atoms with Crippen molar-refractivity contribution in [1.82, 2.24) is 15.3 Å². The Kier molecular flexibility index (Phi) is 3.57. The fourth-order valence-electron chi connectivity index (χ4n) is 2.72. The lowest BCUT2D eigenvalue weighted by Crippen LogP contribution is -2.55. The first-order valence-corrected chi connectivity index (χ1v) is 7.02. The van der Waals surface area contributed by atoms with Crippen molar-refractivity contribution in [3.8, 4) is 0 Å². The average Bonchev–Trinajstić information content (AvgIpc) is 2.53. The minimum Gasteiger partial charge on any atom is -0.353 e. The largest absolute Gasteiger partial charge is 0.353 e. The van der Waals surface area contributed by atoms with E-state index in [4.69, 9.17) is 5.84 Å². The summed E-state index contributed by atoms with van der Waals surface area (Å²) in [4.78, 5) is 22.9. The van der Waals surface area contributed by atoms with Crippen LogP contribution in [0.15, 0.2) is 24.3 Å². The van der Waals surface area contributed by atoms with E-state index in [1.807, 2.05) is 36.1 Å². The van der Waals surface area contributed by atoms with Crippen LogP contribution in [-0.4, -0.2) is 35.0 Å². The highest BCUT2D eigenvalue weighted by atomic mass is 16.2. The predicted octanol–water partition coefficient (Wildman–Crippen LogP) is 0.630. The van der Waals surface area contributed by atoms with Crippen LogP contribution in [0.5, 0.6) is 0 Å². The number of amides is 1. The summed E-state index contributed by atoms with van der Waals surface area (Å²) >= 11 is 0. The molecule has 0 spiro atoms. The number of nitrogens with two attached hydrogens (primary N) is 1. The van der Waals surface area contributed by atoms with E-state index in [0.717, 1.165) is 29.7 Å². The molecule has 1 fully saturated rings. The second kappa shape index (κ2) is 5.53. The first-order chi connectivity index (χ1) is 10.2. The van der Waals surface area contributed by atoms with Crippen molar-refractivity contribution in [1.29, 1.82) is 0 Å². The number of hydrazine groups is 1. The van der Waals surface area contributed by atoms with Gasteiger partial charge >= 0.3 is 0 Å². The number of anilines is 2. The van der Waals surface area contributed by atoms with Crippen LogP contribution in [-0.2, 0) is 4.79 Å². The van der Waals surface area contributed by atoms with Gasteiger partial charge in [-0.2, -0.15) is 4.98 Å². The van der Waals surface area contributed by atoms with Crippen LogP contribution >= 0.6 is 0 Å². The Morgan fingerprint density at radius 1 is 1.43 bits per heavy atom. The Balaban J connectivity index is 2.15. The van der Waals surface area contributed by atoms with E-state index < -0.39 is 0 Å². The molecule has 0 saturated carbocycles. The van der Waals surface area contributed by atoms with Gasteiger partial charge < -0.3 is 10.2 Å². The Morgan fingerprint density at radius 2 is 2.24 bits per heavy atom. The molecule has 1 aromatic heterocycles. The molecule has 1 aliphatic rings. The fourth-order valence-corrected chi connectivity index (χ4v) is 2.72. The molecule has 7 nitrogen and oxygen atoms in total. The van der Waals surface area contributed by atoms with Crippen molar-refractivity contribution in [2.45, 2.75) is 19.4 Å². The normalized spacial score (nSPS) is 18.7. The van der Waals surface area contributed by atoms with Gasteiger partial charge in [0.15, 0.2) is 0 Å². The molecule has 1 saturated heterocycles. The number of hydrogen-bond acceptors (Lipinski definition) is 6. The van der Waals surface area contributed by atoms with Gasteiger partial charge in [0.05, 0.1) is 5.52 Å². The molecular formula is C14H18N6O. The summed E-state index contributed by atoms with van der Waals surface area (Å²) in [5, 5.41) is 3.82. The summed E-state index contributed by atoms with van der Waals surface area (Å²) in [5.41, 5.74) is 3.30. The quantitative estimate of drug-likeness (QED) is 0.566. The number of fused-ring (bicyclic) bond motifs is 1. The monoisotopic (exact) mass is 286 g/mol. The number of nitrogen functional groups attached to an aromatic ring is 1.